The molecule has 4 heterocycles. The molecule has 9 heteroatoms. The molecule has 2 aliphatic rings. The van der Waals surface area contributed by atoms with Gasteiger partial charge in [0.25, 0.3) is 0 Å². The monoisotopic (exact) mass is 490 g/mol. The second-order valence-corrected chi connectivity index (χ2v) is 9.24. The fraction of sp³-hybridized carbons (Fsp3) is 0.385. The van der Waals surface area contributed by atoms with Crippen molar-refractivity contribution in [3.05, 3.63) is 64.3 Å². The molecule has 0 bridgehead atoms. The molecule has 1 aromatic carbocycles. The van der Waals surface area contributed by atoms with Crippen LogP contribution in [0.5, 0.6) is 11.5 Å². The second kappa shape index (κ2) is 10.5. The summed E-state index contributed by atoms with van der Waals surface area (Å²) in [5.41, 5.74) is 3.24. The van der Waals surface area contributed by atoms with Crippen LogP contribution in [0.4, 0.5) is 11.5 Å². The number of fused-ring (bicyclic) bond motifs is 1. The molecule has 1 N–H and O–H groups in total. The smallest absolute Gasteiger partial charge is 0.179 e. The van der Waals surface area contributed by atoms with Crippen molar-refractivity contribution in [1.82, 2.24) is 19.9 Å². The van der Waals surface area contributed by atoms with Crippen LogP contribution < -0.4 is 14.8 Å². The Morgan fingerprint density at radius 3 is 2.86 bits per heavy atom. The van der Waals surface area contributed by atoms with E-state index < -0.39 is 0 Å². The van der Waals surface area contributed by atoms with Crippen molar-refractivity contribution in [3.63, 3.8) is 0 Å². The Hall–Kier alpha value is -3.41. The number of aromatic nitrogens is 3. The highest BCUT2D eigenvalue weighted by Gasteiger charge is 2.27. The minimum Gasteiger partial charge on any atom is -0.489 e. The van der Waals surface area contributed by atoms with E-state index >= 15 is 0 Å². The lowest BCUT2D eigenvalue weighted by Gasteiger charge is -2.35. The summed E-state index contributed by atoms with van der Waals surface area (Å²) in [4.78, 5) is 15.9. The van der Waals surface area contributed by atoms with Gasteiger partial charge in [-0.25, -0.2) is 15.0 Å². The van der Waals surface area contributed by atoms with Crippen LogP contribution in [-0.2, 0) is 6.54 Å². The van der Waals surface area contributed by atoms with E-state index in [9.17, 15) is 0 Å². The number of nitrogens with zero attached hydrogens (tertiary/aromatic N) is 5. The number of hydrogen-bond acceptors (Lipinski definition) is 8. The van der Waals surface area contributed by atoms with Crippen LogP contribution >= 0.6 is 11.6 Å². The molecule has 1 saturated heterocycles. The van der Waals surface area contributed by atoms with E-state index in [1.54, 1.807) is 12.3 Å². The van der Waals surface area contributed by atoms with Crippen molar-refractivity contribution < 1.29 is 9.47 Å². The van der Waals surface area contributed by atoms with E-state index in [0.29, 0.717) is 41.3 Å². The number of pyridine rings is 1. The van der Waals surface area contributed by atoms with Crippen molar-refractivity contribution in [2.24, 2.45) is 0 Å². The quantitative estimate of drug-likeness (QED) is 0.512. The first-order valence-electron chi connectivity index (χ1n) is 11.9. The van der Waals surface area contributed by atoms with Crippen LogP contribution in [-0.4, -0.2) is 39.6 Å². The molecule has 0 radical (unpaired) electrons. The molecular weight excluding hydrogens is 464 g/mol. The lowest BCUT2D eigenvalue weighted by atomic mass is 9.98. The van der Waals surface area contributed by atoms with Gasteiger partial charge in [-0.1, -0.05) is 18.0 Å². The summed E-state index contributed by atoms with van der Waals surface area (Å²) in [5, 5.41) is 12.9. The summed E-state index contributed by atoms with van der Waals surface area (Å²) in [7, 11) is 0. The first kappa shape index (κ1) is 23.3. The number of hydrogen-bond donors (Lipinski definition) is 1. The van der Waals surface area contributed by atoms with Gasteiger partial charge in [0.05, 0.1) is 41.9 Å². The average Bonchev–Trinajstić information content (AvgIpc) is 3.10. The number of aryl methyl sites for hydroxylation is 1. The topological polar surface area (TPSA) is 96.2 Å². The molecule has 1 atom stereocenters. The van der Waals surface area contributed by atoms with Gasteiger partial charge >= 0.3 is 0 Å². The van der Waals surface area contributed by atoms with Crippen LogP contribution in [0.15, 0.2) is 36.5 Å². The average molecular weight is 491 g/mol. The number of likely N-dealkylation sites (tertiary alicyclic amines) is 1. The number of piperidine rings is 1. The van der Waals surface area contributed by atoms with E-state index in [4.69, 9.17) is 31.3 Å². The molecule has 0 aliphatic carbocycles. The fourth-order valence-corrected chi connectivity index (χ4v) is 4.92. The van der Waals surface area contributed by atoms with Crippen LogP contribution in [0.1, 0.15) is 54.5 Å². The van der Waals surface area contributed by atoms with Crippen molar-refractivity contribution in [2.75, 3.05) is 25.1 Å². The predicted molar refractivity (Wildman–Crippen MR) is 133 cm³/mol. The first-order chi connectivity index (χ1) is 17.1. The molecule has 5 rings (SSSR count). The van der Waals surface area contributed by atoms with Gasteiger partial charge in [-0.15, -0.1) is 0 Å². The number of ether oxygens (including phenoxy) is 2. The Kier molecular flexibility index (Phi) is 6.98. The van der Waals surface area contributed by atoms with Crippen LogP contribution in [0.3, 0.4) is 0 Å². The third-order valence-electron chi connectivity index (χ3n) is 6.21. The SMILES string of the molecule is Cc1nc(Nc2ccc(C#N)nc2)cc(C2CCCCN2Cc2cc(Cl)c3c(c2)OCCCO3)n1. The second-order valence-electron chi connectivity index (χ2n) is 8.83. The summed E-state index contributed by atoms with van der Waals surface area (Å²) in [6.07, 6.45) is 5.79. The van der Waals surface area contributed by atoms with Gasteiger partial charge in [-0.05, 0) is 56.1 Å². The summed E-state index contributed by atoms with van der Waals surface area (Å²) in [5.74, 6) is 2.78. The summed E-state index contributed by atoms with van der Waals surface area (Å²) >= 11 is 6.55. The summed E-state index contributed by atoms with van der Waals surface area (Å²) in [6.45, 7) is 4.86. The van der Waals surface area contributed by atoms with Gasteiger partial charge in [0.15, 0.2) is 11.5 Å². The van der Waals surface area contributed by atoms with Gasteiger partial charge in [-0.2, -0.15) is 5.26 Å². The van der Waals surface area contributed by atoms with Gasteiger partial charge in [0.2, 0.25) is 0 Å². The normalized spacial score (nSPS) is 17.9. The molecule has 3 aromatic rings. The minimum absolute atomic E-state index is 0.167. The Labute approximate surface area is 209 Å². The highest BCUT2D eigenvalue weighted by Crippen LogP contribution is 2.39. The number of nitrogens with one attached hydrogen (secondary N) is 1. The van der Waals surface area contributed by atoms with E-state index in [1.165, 1.54) is 0 Å². The fourth-order valence-electron chi connectivity index (χ4n) is 4.63. The Bertz CT molecular complexity index is 1240. The lowest BCUT2D eigenvalue weighted by molar-refractivity contribution is 0.137. The predicted octanol–water partition coefficient (Wildman–Crippen LogP) is 5.34. The number of benzene rings is 1. The van der Waals surface area contributed by atoms with Gasteiger partial charge in [0.1, 0.15) is 23.4 Å². The molecule has 0 amide bonds. The maximum Gasteiger partial charge on any atom is 0.179 e. The van der Waals surface area contributed by atoms with E-state index in [0.717, 1.165) is 61.5 Å². The Balaban J connectivity index is 1.38. The van der Waals surface area contributed by atoms with E-state index in [-0.39, 0.29) is 6.04 Å². The zero-order chi connectivity index (χ0) is 24.2. The van der Waals surface area contributed by atoms with Crippen molar-refractivity contribution in [2.45, 2.75) is 45.2 Å². The molecular formula is C26H27ClN6O2. The molecule has 1 fully saturated rings. The van der Waals surface area contributed by atoms with Crippen LogP contribution in [0.2, 0.25) is 5.02 Å². The Morgan fingerprint density at radius 2 is 2.03 bits per heavy atom. The molecule has 1 unspecified atom stereocenters. The van der Waals surface area contributed by atoms with Gasteiger partial charge in [-0.3, -0.25) is 4.90 Å². The minimum atomic E-state index is 0.167. The van der Waals surface area contributed by atoms with Crippen molar-refractivity contribution in [1.29, 1.82) is 5.26 Å². The highest BCUT2D eigenvalue weighted by atomic mass is 35.5. The van der Waals surface area contributed by atoms with Crippen LogP contribution in [0, 0.1) is 18.3 Å². The molecule has 2 aromatic heterocycles. The molecule has 0 saturated carbocycles. The maximum atomic E-state index is 8.97. The summed E-state index contributed by atoms with van der Waals surface area (Å²) < 4.78 is 11.7. The maximum absolute atomic E-state index is 8.97. The first-order valence-corrected chi connectivity index (χ1v) is 12.3. The third kappa shape index (κ3) is 5.47. The molecule has 35 heavy (non-hydrogen) atoms. The zero-order valence-electron chi connectivity index (χ0n) is 19.6. The zero-order valence-corrected chi connectivity index (χ0v) is 20.4. The van der Waals surface area contributed by atoms with Gasteiger partial charge < -0.3 is 14.8 Å². The Morgan fingerprint density at radius 1 is 1.14 bits per heavy atom. The molecule has 0 spiro atoms. The number of nitriles is 1. The molecule has 8 nitrogen and oxygen atoms in total. The number of rotatable bonds is 5. The van der Waals surface area contributed by atoms with Gasteiger partial charge in [0, 0.05) is 19.0 Å². The third-order valence-corrected chi connectivity index (χ3v) is 6.49. The standard InChI is InChI=1S/C26H27ClN6O2/c1-17-30-22(13-25(31-17)32-20-7-6-19(14-28)29-15-20)23-5-2-3-8-33(23)16-18-11-21(27)26-24(12-18)34-9-4-10-35-26/h6-7,11-13,15,23H,2-5,8-10,16H2,1H3,(H,30,31,32). The van der Waals surface area contributed by atoms with Crippen LogP contribution in [0.25, 0.3) is 0 Å². The van der Waals surface area contributed by atoms with E-state index in [2.05, 4.69) is 20.2 Å². The largest absolute Gasteiger partial charge is 0.489 e. The summed E-state index contributed by atoms with van der Waals surface area (Å²) in [6, 6.07) is 11.7. The molecule has 180 valence electrons. The number of anilines is 2. The van der Waals surface area contributed by atoms with Crippen molar-refractivity contribution >= 4 is 23.1 Å². The lowest BCUT2D eigenvalue weighted by Crippen LogP contribution is -2.33. The number of halogens is 1. The highest BCUT2D eigenvalue weighted by molar-refractivity contribution is 6.32. The molecule has 2 aliphatic heterocycles. The van der Waals surface area contributed by atoms with E-state index in [1.807, 2.05) is 37.3 Å². The van der Waals surface area contributed by atoms with Crippen molar-refractivity contribution in [3.8, 4) is 17.6 Å².